The Labute approximate surface area is 259 Å². The Morgan fingerprint density at radius 1 is 1.00 bits per heavy atom. The Balaban J connectivity index is 1.47. The molecule has 1 saturated heterocycles. The number of carboxylic acid groups (broad SMARTS) is 1. The van der Waals surface area contributed by atoms with Crippen molar-refractivity contribution >= 4 is 17.6 Å². The molecule has 0 saturated carbocycles. The van der Waals surface area contributed by atoms with E-state index in [9.17, 15) is 14.7 Å². The number of amides is 1. The number of para-hydroxylation sites is 1. The van der Waals surface area contributed by atoms with Crippen LogP contribution in [0.3, 0.4) is 0 Å². The Bertz CT molecular complexity index is 1450. The smallest absolute Gasteiger partial charge is 0.309 e. The second-order valence-corrected chi connectivity index (χ2v) is 11.3. The van der Waals surface area contributed by atoms with Crippen LogP contribution in [-0.2, 0) is 27.2 Å². The first kappa shape index (κ1) is 31.3. The number of nitrogens with zero attached hydrogens (tertiary/aromatic N) is 1. The van der Waals surface area contributed by atoms with Crippen molar-refractivity contribution in [3.05, 3.63) is 82.4 Å². The summed E-state index contributed by atoms with van der Waals surface area (Å²) in [6.07, 6.45) is 2.35. The maximum absolute atomic E-state index is 13.7. The van der Waals surface area contributed by atoms with Crippen molar-refractivity contribution in [2.24, 2.45) is 5.92 Å². The maximum atomic E-state index is 13.7. The molecule has 0 radical (unpaired) electrons. The number of hydrogen-bond acceptors (Lipinski definition) is 7. The number of rotatable bonds is 13. The Hall–Kier alpha value is -4.08. The number of fused-ring (bicyclic) bond motifs is 1. The summed E-state index contributed by atoms with van der Waals surface area (Å²) in [6, 6.07) is 16.9. The van der Waals surface area contributed by atoms with Gasteiger partial charge in [-0.05, 0) is 65.8 Å². The molecule has 44 heavy (non-hydrogen) atoms. The summed E-state index contributed by atoms with van der Waals surface area (Å²) in [6.45, 7) is 7.79. The summed E-state index contributed by atoms with van der Waals surface area (Å²) in [5, 5.41) is 13.9. The fourth-order valence-electron chi connectivity index (χ4n) is 6.56. The van der Waals surface area contributed by atoms with Crippen LogP contribution in [0.4, 0.5) is 5.69 Å². The van der Waals surface area contributed by atoms with Gasteiger partial charge in [-0.25, -0.2) is 0 Å². The normalized spacial score (nSPS) is 19.2. The molecule has 2 aliphatic rings. The van der Waals surface area contributed by atoms with Crippen molar-refractivity contribution in [3.8, 4) is 17.2 Å². The third-order valence-electron chi connectivity index (χ3n) is 8.71. The summed E-state index contributed by atoms with van der Waals surface area (Å²) in [5.74, 6) is -0.252. The molecule has 3 atom stereocenters. The minimum absolute atomic E-state index is 0.0466. The Morgan fingerprint density at radius 3 is 2.39 bits per heavy atom. The van der Waals surface area contributed by atoms with Crippen LogP contribution in [0.25, 0.3) is 0 Å². The van der Waals surface area contributed by atoms with Gasteiger partial charge in [-0.1, -0.05) is 50.2 Å². The number of nitrogens with one attached hydrogen (secondary N) is 1. The van der Waals surface area contributed by atoms with Crippen LogP contribution in [0.15, 0.2) is 54.6 Å². The van der Waals surface area contributed by atoms with E-state index in [1.54, 1.807) is 7.11 Å². The molecule has 2 aliphatic heterocycles. The largest absolute Gasteiger partial charge is 0.494 e. The van der Waals surface area contributed by atoms with Crippen molar-refractivity contribution in [3.63, 3.8) is 0 Å². The van der Waals surface area contributed by atoms with Gasteiger partial charge in [0.2, 0.25) is 12.7 Å². The van der Waals surface area contributed by atoms with Crippen LogP contribution in [0.5, 0.6) is 17.2 Å². The lowest BCUT2D eigenvalue weighted by Crippen LogP contribution is -2.35. The van der Waals surface area contributed by atoms with E-state index in [4.69, 9.17) is 18.9 Å². The predicted octanol–water partition coefficient (Wildman–Crippen LogP) is 5.74. The van der Waals surface area contributed by atoms with Crippen LogP contribution in [0, 0.1) is 12.8 Å². The first-order valence-electron chi connectivity index (χ1n) is 15.3. The lowest BCUT2D eigenvalue weighted by molar-refractivity contribution is -0.143. The van der Waals surface area contributed by atoms with Crippen molar-refractivity contribution in [2.45, 2.75) is 52.0 Å². The molecule has 234 valence electrons. The molecule has 0 aliphatic carbocycles. The molecular weight excluding hydrogens is 560 g/mol. The topological polar surface area (TPSA) is 107 Å². The van der Waals surface area contributed by atoms with Crippen molar-refractivity contribution in [1.82, 2.24) is 4.90 Å². The minimum Gasteiger partial charge on any atom is -0.494 e. The molecule has 0 unspecified atom stereocenters. The van der Waals surface area contributed by atoms with Gasteiger partial charge in [-0.15, -0.1) is 0 Å². The van der Waals surface area contributed by atoms with Crippen molar-refractivity contribution in [1.29, 1.82) is 0 Å². The monoisotopic (exact) mass is 602 g/mol. The highest BCUT2D eigenvalue weighted by Gasteiger charge is 2.48. The predicted molar refractivity (Wildman–Crippen MR) is 168 cm³/mol. The van der Waals surface area contributed by atoms with Gasteiger partial charge in [0, 0.05) is 44.3 Å². The number of methoxy groups -OCH3 is 1. The van der Waals surface area contributed by atoms with E-state index >= 15 is 0 Å². The second kappa shape index (κ2) is 14.1. The molecule has 0 spiro atoms. The zero-order chi connectivity index (χ0) is 31.2. The van der Waals surface area contributed by atoms with Gasteiger partial charge in [-0.2, -0.15) is 0 Å². The maximum Gasteiger partial charge on any atom is 0.309 e. The molecule has 3 aromatic rings. The third kappa shape index (κ3) is 6.54. The summed E-state index contributed by atoms with van der Waals surface area (Å²) in [4.78, 5) is 28.7. The lowest BCUT2D eigenvalue weighted by Gasteiger charge is -2.27. The summed E-state index contributed by atoms with van der Waals surface area (Å²) in [7, 11) is 1.66. The SMILES string of the molecule is CCc1cccc(CC)c1NC(=O)CN1C[C@H](c2ccc3c(c2C)OCO3)[C@@H](C(=O)O)[C@@H]1c1ccc(OCCCOC)cc1. The van der Waals surface area contributed by atoms with E-state index in [2.05, 4.69) is 19.2 Å². The molecule has 9 heteroatoms. The molecule has 9 nitrogen and oxygen atoms in total. The number of aryl methyl sites for hydroxylation is 2. The average Bonchev–Trinajstić information content (AvgIpc) is 3.65. The highest BCUT2D eigenvalue weighted by Crippen LogP contribution is 2.49. The molecule has 0 bridgehead atoms. The number of carbonyl (C=O) groups is 2. The fraction of sp³-hybridized carbons (Fsp3) is 0.429. The van der Waals surface area contributed by atoms with Crippen LogP contribution >= 0.6 is 0 Å². The van der Waals surface area contributed by atoms with Gasteiger partial charge in [0.15, 0.2) is 11.5 Å². The van der Waals surface area contributed by atoms with Crippen LogP contribution in [0.2, 0.25) is 0 Å². The Morgan fingerprint density at radius 2 is 1.73 bits per heavy atom. The lowest BCUT2D eigenvalue weighted by atomic mass is 9.81. The molecule has 3 aromatic carbocycles. The summed E-state index contributed by atoms with van der Waals surface area (Å²) in [5.41, 5.74) is 5.58. The van der Waals surface area contributed by atoms with Crippen LogP contribution in [0.1, 0.15) is 60.0 Å². The van der Waals surface area contributed by atoms with Crippen molar-refractivity contribution < 1.29 is 33.6 Å². The Kier molecular flexibility index (Phi) is 10.1. The second-order valence-electron chi connectivity index (χ2n) is 11.3. The van der Waals surface area contributed by atoms with Gasteiger partial charge in [-0.3, -0.25) is 14.5 Å². The zero-order valence-electron chi connectivity index (χ0n) is 25.9. The number of anilines is 1. The molecular formula is C35H42N2O7. The van der Waals surface area contributed by atoms with E-state index in [0.29, 0.717) is 37.0 Å². The van der Waals surface area contributed by atoms with Gasteiger partial charge >= 0.3 is 5.97 Å². The fourth-order valence-corrected chi connectivity index (χ4v) is 6.56. The van der Waals surface area contributed by atoms with Gasteiger partial charge in [0.05, 0.1) is 19.1 Å². The molecule has 2 heterocycles. The standard InChI is InChI=1S/C35H42N2O7/c1-5-23-9-7-10-24(6-2)32(23)36-30(38)20-37-19-28(27-15-16-29-34(22(27)3)44-21-43-29)31(35(39)40)33(37)25-11-13-26(14-12-25)42-18-8-17-41-4/h7,9-16,28,31,33H,5-6,8,17-21H2,1-4H3,(H,36,38)(H,39,40)/t28-,31-,33+/m1/s1. The van der Waals surface area contributed by atoms with Crippen LogP contribution in [-0.4, -0.2) is 62.1 Å². The van der Waals surface area contributed by atoms with Crippen molar-refractivity contribution in [2.75, 3.05) is 45.5 Å². The van der Waals surface area contributed by atoms with E-state index in [1.165, 1.54) is 0 Å². The highest BCUT2D eigenvalue weighted by atomic mass is 16.7. The number of likely N-dealkylation sites (tertiary alicyclic amines) is 1. The van der Waals surface area contributed by atoms with Gasteiger partial charge in [0.25, 0.3) is 0 Å². The van der Waals surface area contributed by atoms with Crippen LogP contribution < -0.4 is 19.5 Å². The molecule has 1 fully saturated rings. The number of aliphatic carboxylic acids is 1. The third-order valence-corrected chi connectivity index (χ3v) is 8.71. The average molecular weight is 603 g/mol. The first-order valence-corrected chi connectivity index (χ1v) is 15.3. The zero-order valence-corrected chi connectivity index (χ0v) is 25.9. The molecule has 0 aromatic heterocycles. The molecule has 1 amide bonds. The van der Waals surface area contributed by atoms with Gasteiger partial charge < -0.3 is 29.4 Å². The van der Waals surface area contributed by atoms with E-state index in [1.807, 2.05) is 66.4 Å². The summed E-state index contributed by atoms with van der Waals surface area (Å²) >= 11 is 0. The highest BCUT2D eigenvalue weighted by molar-refractivity contribution is 5.94. The van der Waals surface area contributed by atoms with Gasteiger partial charge in [0.1, 0.15) is 5.75 Å². The number of carboxylic acids is 1. The van der Waals surface area contributed by atoms with E-state index < -0.39 is 17.9 Å². The molecule has 2 N–H and O–H groups in total. The summed E-state index contributed by atoms with van der Waals surface area (Å²) < 4.78 is 22.2. The number of carbonyl (C=O) groups excluding carboxylic acids is 1. The number of ether oxygens (including phenoxy) is 4. The van der Waals surface area contributed by atoms with E-state index in [0.717, 1.165) is 52.8 Å². The first-order chi connectivity index (χ1) is 21.4. The number of benzene rings is 3. The minimum atomic E-state index is -0.913. The van der Waals surface area contributed by atoms with E-state index in [-0.39, 0.29) is 25.2 Å². The molecule has 5 rings (SSSR count). The quantitative estimate of drug-likeness (QED) is 0.239. The number of hydrogen-bond donors (Lipinski definition) is 2.